The second-order valence-corrected chi connectivity index (χ2v) is 5.30. The number of amides is 1. The lowest BCUT2D eigenvalue weighted by Crippen LogP contribution is -2.17. The van der Waals surface area contributed by atoms with Crippen LogP contribution in [0.1, 0.15) is 21.5 Å². The van der Waals surface area contributed by atoms with Gasteiger partial charge in [0.15, 0.2) is 0 Å². The van der Waals surface area contributed by atoms with E-state index < -0.39 is 11.7 Å². The van der Waals surface area contributed by atoms with Crippen molar-refractivity contribution >= 4 is 23.1 Å². The average Bonchev–Trinajstić information content (AvgIpc) is 2.76. The maximum absolute atomic E-state index is 11.6. The summed E-state index contributed by atoms with van der Waals surface area (Å²) >= 11 is 0. The van der Waals surface area contributed by atoms with Gasteiger partial charge in [-0.3, -0.25) is 9.59 Å². The lowest BCUT2D eigenvalue weighted by molar-refractivity contribution is -0.112. The van der Waals surface area contributed by atoms with Gasteiger partial charge in [0.25, 0.3) is 11.7 Å². The molecule has 3 rings (SSSR count). The predicted molar refractivity (Wildman–Crippen MR) is 82.7 cm³/mol. The Morgan fingerprint density at radius 1 is 1.10 bits per heavy atom. The lowest BCUT2D eigenvalue weighted by Gasteiger charge is -2.21. The first-order valence-electron chi connectivity index (χ1n) is 6.81. The molecule has 0 atom stereocenters. The van der Waals surface area contributed by atoms with Crippen LogP contribution in [0.3, 0.4) is 0 Å². The highest BCUT2D eigenvalue weighted by molar-refractivity contribution is 6.51. The molecule has 1 aliphatic heterocycles. The summed E-state index contributed by atoms with van der Waals surface area (Å²) in [5.74, 6) is -1.01. The number of hydrogen-bond acceptors (Lipinski definition) is 3. The summed E-state index contributed by atoms with van der Waals surface area (Å²) in [6.45, 7) is 2.86. The number of Topliss-reactive ketones (excluding diaryl/α,β-unsaturated/α-hetero) is 1. The monoisotopic (exact) mass is 280 g/mol. The van der Waals surface area contributed by atoms with E-state index in [2.05, 4.69) is 29.3 Å². The molecule has 0 spiro atoms. The number of nitrogens with one attached hydrogen (secondary N) is 1. The van der Waals surface area contributed by atoms with Gasteiger partial charge in [0, 0.05) is 19.3 Å². The van der Waals surface area contributed by atoms with Gasteiger partial charge < -0.3 is 10.2 Å². The number of benzene rings is 2. The van der Waals surface area contributed by atoms with Gasteiger partial charge in [-0.25, -0.2) is 0 Å². The Kier molecular flexibility index (Phi) is 3.22. The van der Waals surface area contributed by atoms with Crippen molar-refractivity contribution in [1.82, 2.24) is 0 Å². The highest BCUT2D eigenvalue weighted by Gasteiger charge is 2.28. The fourth-order valence-electron chi connectivity index (χ4n) is 2.51. The minimum atomic E-state index is -0.552. The Bertz CT molecular complexity index is 737. The molecule has 0 unspecified atom stereocenters. The molecule has 0 bridgehead atoms. The van der Waals surface area contributed by atoms with Crippen LogP contribution in [-0.2, 0) is 11.3 Å². The maximum Gasteiger partial charge on any atom is 0.296 e. The largest absolute Gasteiger partial charge is 0.370 e. The molecular formula is C17H16N2O2. The van der Waals surface area contributed by atoms with Crippen LogP contribution in [0, 0.1) is 6.92 Å². The van der Waals surface area contributed by atoms with E-state index in [4.69, 9.17) is 0 Å². The smallest absolute Gasteiger partial charge is 0.296 e. The Labute approximate surface area is 123 Å². The average molecular weight is 280 g/mol. The number of carbonyl (C=O) groups excluding carboxylic acids is 2. The normalized spacial score (nSPS) is 13.0. The molecule has 1 amide bonds. The fourth-order valence-corrected chi connectivity index (χ4v) is 2.51. The lowest BCUT2D eigenvalue weighted by atomic mass is 10.1. The van der Waals surface area contributed by atoms with Gasteiger partial charge in [-0.15, -0.1) is 0 Å². The molecule has 0 saturated heterocycles. The molecule has 0 radical (unpaired) electrons. The van der Waals surface area contributed by atoms with E-state index in [9.17, 15) is 9.59 Å². The third-order valence-corrected chi connectivity index (χ3v) is 3.81. The minimum Gasteiger partial charge on any atom is -0.370 e. The summed E-state index contributed by atoms with van der Waals surface area (Å²) < 4.78 is 0. The molecule has 0 saturated carbocycles. The molecule has 1 N–H and O–H groups in total. The van der Waals surface area contributed by atoms with Crippen LogP contribution in [0.15, 0.2) is 42.5 Å². The zero-order valence-corrected chi connectivity index (χ0v) is 12.0. The zero-order chi connectivity index (χ0) is 15.0. The molecule has 4 heteroatoms. The van der Waals surface area contributed by atoms with Gasteiger partial charge in [-0.1, -0.05) is 24.3 Å². The summed E-state index contributed by atoms with van der Waals surface area (Å²) in [5.41, 5.74) is 4.51. The summed E-state index contributed by atoms with van der Waals surface area (Å²) in [7, 11) is 1.99. The van der Waals surface area contributed by atoms with Crippen molar-refractivity contribution in [2.45, 2.75) is 13.5 Å². The van der Waals surface area contributed by atoms with Gasteiger partial charge in [-0.05, 0) is 36.2 Å². The predicted octanol–water partition coefficient (Wildman–Crippen LogP) is 2.77. The van der Waals surface area contributed by atoms with Crippen LogP contribution in [0.4, 0.5) is 11.4 Å². The van der Waals surface area contributed by atoms with Crippen LogP contribution in [0.2, 0.25) is 0 Å². The van der Waals surface area contributed by atoms with E-state index >= 15 is 0 Å². The molecule has 106 valence electrons. The van der Waals surface area contributed by atoms with E-state index in [1.807, 2.05) is 31.3 Å². The van der Waals surface area contributed by atoms with E-state index in [0.29, 0.717) is 11.3 Å². The zero-order valence-electron chi connectivity index (χ0n) is 12.0. The number of ketones is 1. The maximum atomic E-state index is 11.6. The van der Waals surface area contributed by atoms with Crippen molar-refractivity contribution in [1.29, 1.82) is 0 Å². The van der Waals surface area contributed by atoms with Gasteiger partial charge >= 0.3 is 0 Å². The summed E-state index contributed by atoms with van der Waals surface area (Å²) in [6, 6.07) is 13.7. The van der Waals surface area contributed by atoms with Crippen LogP contribution in [-0.4, -0.2) is 18.7 Å². The first-order valence-corrected chi connectivity index (χ1v) is 6.81. The Morgan fingerprint density at radius 3 is 2.62 bits per heavy atom. The molecule has 0 fully saturated rings. The molecule has 0 aromatic heterocycles. The third kappa shape index (κ3) is 2.40. The Balaban J connectivity index is 1.85. The fraction of sp³-hybridized carbons (Fsp3) is 0.176. The topological polar surface area (TPSA) is 49.4 Å². The van der Waals surface area contributed by atoms with Crippen LogP contribution >= 0.6 is 0 Å². The molecule has 1 aliphatic rings. The van der Waals surface area contributed by atoms with Crippen molar-refractivity contribution in [2.24, 2.45) is 0 Å². The van der Waals surface area contributed by atoms with E-state index in [1.165, 1.54) is 11.1 Å². The van der Waals surface area contributed by atoms with Crippen LogP contribution < -0.4 is 10.2 Å². The molecule has 2 aromatic carbocycles. The molecular weight excluding hydrogens is 264 g/mol. The van der Waals surface area contributed by atoms with Crippen molar-refractivity contribution in [3.05, 3.63) is 59.2 Å². The third-order valence-electron chi connectivity index (χ3n) is 3.81. The van der Waals surface area contributed by atoms with Gasteiger partial charge in [0.05, 0.1) is 11.3 Å². The first-order chi connectivity index (χ1) is 10.1. The van der Waals surface area contributed by atoms with Crippen molar-refractivity contribution in [2.75, 3.05) is 17.3 Å². The van der Waals surface area contributed by atoms with Crippen LogP contribution in [0.5, 0.6) is 0 Å². The minimum absolute atomic E-state index is 0.452. The summed E-state index contributed by atoms with van der Waals surface area (Å²) in [4.78, 5) is 25.1. The molecule has 0 aliphatic carbocycles. The number of fused-ring (bicyclic) bond motifs is 1. The van der Waals surface area contributed by atoms with Crippen molar-refractivity contribution in [3.63, 3.8) is 0 Å². The number of aryl methyl sites for hydroxylation is 1. The standard InChI is InChI=1S/C17H16N2O2/c1-11-5-3-4-6-12(11)10-19(2)13-7-8-14-15(9-13)18-17(21)16(14)20/h3-9H,10H2,1-2H3,(H,18,20,21). The van der Waals surface area contributed by atoms with Crippen molar-refractivity contribution < 1.29 is 9.59 Å². The second-order valence-electron chi connectivity index (χ2n) is 5.30. The van der Waals surface area contributed by atoms with E-state index in [-0.39, 0.29) is 0 Å². The SMILES string of the molecule is Cc1ccccc1CN(C)c1ccc2c(c1)NC(=O)C2=O. The quantitative estimate of drug-likeness (QED) is 0.879. The number of rotatable bonds is 3. The summed E-state index contributed by atoms with van der Waals surface area (Å²) in [5, 5.41) is 2.60. The van der Waals surface area contributed by atoms with E-state index in [1.54, 1.807) is 6.07 Å². The highest BCUT2D eigenvalue weighted by atomic mass is 16.2. The van der Waals surface area contributed by atoms with E-state index in [0.717, 1.165) is 12.2 Å². The number of carbonyl (C=O) groups is 2. The molecule has 4 nitrogen and oxygen atoms in total. The second kappa shape index (κ2) is 5.05. The van der Waals surface area contributed by atoms with Crippen molar-refractivity contribution in [3.8, 4) is 0 Å². The number of nitrogens with zero attached hydrogens (tertiary/aromatic N) is 1. The number of anilines is 2. The molecule has 2 aromatic rings. The number of hydrogen-bond donors (Lipinski definition) is 1. The van der Waals surface area contributed by atoms with Gasteiger partial charge in [-0.2, -0.15) is 0 Å². The molecule has 1 heterocycles. The molecule has 21 heavy (non-hydrogen) atoms. The first kappa shape index (κ1) is 13.4. The Morgan fingerprint density at radius 2 is 1.86 bits per heavy atom. The Hall–Kier alpha value is -2.62. The van der Waals surface area contributed by atoms with Crippen LogP contribution in [0.25, 0.3) is 0 Å². The summed E-state index contributed by atoms with van der Waals surface area (Å²) in [6.07, 6.45) is 0. The van der Waals surface area contributed by atoms with Gasteiger partial charge in [0.1, 0.15) is 0 Å². The highest BCUT2D eigenvalue weighted by Crippen LogP contribution is 2.28. The van der Waals surface area contributed by atoms with Gasteiger partial charge in [0.2, 0.25) is 0 Å².